The lowest BCUT2D eigenvalue weighted by atomic mass is 9.98. The molecule has 4 aromatic heterocycles. The molecule has 6 aromatic rings. The van der Waals surface area contributed by atoms with E-state index in [1.54, 1.807) is 0 Å². The van der Waals surface area contributed by atoms with Gasteiger partial charge in [0.1, 0.15) is 11.6 Å². The fourth-order valence-corrected chi connectivity index (χ4v) is 8.29. The maximum absolute atomic E-state index is 12.5. The molecule has 2 saturated carbocycles. The van der Waals surface area contributed by atoms with Crippen LogP contribution in [-0.4, -0.2) is 96.7 Å². The van der Waals surface area contributed by atoms with Crippen molar-refractivity contribution in [1.29, 1.82) is 0 Å². The molecule has 1 N–H and O–H groups in total. The van der Waals surface area contributed by atoms with E-state index in [9.17, 15) is 14.7 Å². The number of pyridine rings is 4. The van der Waals surface area contributed by atoms with Gasteiger partial charge >= 0.3 is 11.9 Å². The Kier molecular flexibility index (Phi) is 11.2. The Balaban J connectivity index is 0.000000152. The van der Waals surface area contributed by atoms with Crippen LogP contribution < -0.4 is 9.80 Å². The van der Waals surface area contributed by atoms with E-state index in [-0.39, 0.29) is 5.97 Å². The Morgan fingerprint density at radius 3 is 1.54 bits per heavy atom. The summed E-state index contributed by atoms with van der Waals surface area (Å²) >= 11 is 0. The highest BCUT2D eigenvalue weighted by atomic mass is 16.5. The maximum atomic E-state index is 12.5. The van der Waals surface area contributed by atoms with Crippen LogP contribution in [0.3, 0.4) is 0 Å². The van der Waals surface area contributed by atoms with Crippen LogP contribution >= 0.6 is 0 Å². The molecule has 12 nitrogen and oxygen atoms in total. The average molecular weight is 793 g/mol. The molecular weight excluding hydrogens is 745 g/mol. The second-order valence-corrected chi connectivity index (χ2v) is 15.7. The number of morpholine rings is 2. The summed E-state index contributed by atoms with van der Waals surface area (Å²) in [5, 5.41) is 14.2. The van der Waals surface area contributed by atoms with Crippen molar-refractivity contribution in [2.24, 2.45) is 0 Å². The van der Waals surface area contributed by atoms with E-state index >= 15 is 0 Å². The van der Waals surface area contributed by atoms with Gasteiger partial charge in [-0.25, -0.2) is 19.6 Å². The number of aromatic nitrogens is 4. The third kappa shape index (κ3) is 8.46. The first-order chi connectivity index (χ1) is 28.9. The minimum absolute atomic E-state index is 0.314. The molecule has 0 atom stereocenters. The molecule has 12 heteroatoms. The number of fused-ring (bicyclic) bond motifs is 2. The first kappa shape index (κ1) is 38.5. The summed E-state index contributed by atoms with van der Waals surface area (Å²) in [6, 6.07) is 20.3. The van der Waals surface area contributed by atoms with Gasteiger partial charge in [0, 0.05) is 74.6 Å². The Morgan fingerprint density at radius 2 is 1.10 bits per heavy atom. The van der Waals surface area contributed by atoms with Gasteiger partial charge in [0.15, 0.2) is 0 Å². The number of hydrogen-bond acceptors (Lipinski definition) is 11. The Labute approximate surface area is 343 Å². The van der Waals surface area contributed by atoms with E-state index in [2.05, 4.69) is 54.0 Å². The summed E-state index contributed by atoms with van der Waals surface area (Å²) in [6.07, 6.45) is 13.1. The molecule has 10 rings (SSSR count). The summed E-state index contributed by atoms with van der Waals surface area (Å²) in [5.74, 6) is 1.73. The zero-order valence-corrected chi connectivity index (χ0v) is 33.3. The number of ether oxygens (including phenoxy) is 3. The third-order valence-electron chi connectivity index (χ3n) is 11.8. The molecule has 0 unspecified atom stereocenters. The minimum Gasteiger partial charge on any atom is -0.478 e. The number of carboxylic acid groups (broad SMARTS) is 1. The Hall–Kier alpha value is -5.98. The molecule has 2 aliphatic heterocycles. The van der Waals surface area contributed by atoms with Crippen molar-refractivity contribution in [3.05, 3.63) is 130 Å². The highest BCUT2D eigenvalue weighted by molar-refractivity contribution is 5.96. The highest BCUT2D eigenvalue weighted by Gasteiger charge is 2.28. The summed E-state index contributed by atoms with van der Waals surface area (Å²) < 4.78 is 16.0. The molecule has 0 radical (unpaired) electrons. The quantitative estimate of drug-likeness (QED) is 0.139. The first-order valence-electron chi connectivity index (χ1n) is 20.6. The van der Waals surface area contributed by atoms with Crippen molar-refractivity contribution in [2.75, 3.05) is 69.5 Å². The van der Waals surface area contributed by atoms with E-state index in [1.807, 2.05) is 61.2 Å². The van der Waals surface area contributed by atoms with Gasteiger partial charge in [-0.3, -0.25) is 9.97 Å². The lowest BCUT2D eigenvalue weighted by molar-refractivity contribution is 0.0598. The number of carbonyl (C=O) groups excluding carboxylic acids is 1. The minimum atomic E-state index is -0.911. The number of anilines is 2. The van der Waals surface area contributed by atoms with Crippen molar-refractivity contribution in [2.45, 2.75) is 50.4 Å². The highest BCUT2D eigenvalue weighted by Crippen LogP contribution is 2.41. The number of aromatic carboxylic acids is 1. The van der Waals surface area contributed by atoms with Crippen molar-refractivity contribution in [3.63, 3.8) is 0 Å². The predicted molar refractivity (Wildman–Crippen MR) is 226 cm³/mol. The molecule has 2 aliphatic carbocycles. The van der Waals surface area contributed by atoms with Crippen LogP contribution in [0.25, 0.3) is 21.5 Å². The van der Waals surface area contributed by atoms with E-state index in [1.165, 1.54) is 20.0 Å². The number of hydrogen-bond donors (Lipinski definition) is 1. The van der Waals surface area contributed by atoms with Crippen molar-refractivity contribution < 1.29 is 28.9 Å². The van der Waals surface area contributed by atoms with Gasteiger partial charge in [-0.2, -0.15) is 0 Å². The molecule has 2 aromatic carbocycles. The van der Waals surface area contributed by atoms with Crippen molar-refractivity contribution >= 4 is 45.1 Å². The van der Waals surface area contributed by atoms with Crippen LogP contribution in [0.2, 0.25) is 0 Å². The molecule has 2 saturated heterocycles. The second-order valence-electron chi connectivity index (χ2n) is 15.7. The fraction of sp³-hybridized carbons (Fsp3) is 0.362. The summed E-state index contributed by atoms with van der Waals surface area (Å²) in [6.45, 7) is 6.18. The topological polar surface area (TPSA) is 140 Å². The van der Waals surface area contributed by atoms with E-state index in [0.717, 1.165) is 113 Å². The van der Waals surface area contributed by atoms with Gasteiger partial charge in [0.05, 0.1) is 56.1 Å². The van der Waals surface area contributed by atoms with Crippen LogP contribution in [0.4, 0.5) is 11.6 Å². The van der Waals surface area contributed by atoms with Crippen molar-refractivity contribution in [3.8, 4) is 0 Å². The lowest BCUT2D eigenvalue weighted by Crippen LogP contribution is -2.36. The SMILES string of the molecule is COC(=O)c1cc(C2CC2)cnc1Cc1cccc2c(N3CCOCC3)nccc12.O=C(O)c1cc(C2CC2)cnc1Cc1cccc2c(N3CCOCC3)nccc12. The fourth-order valence-electron chi connectivity index (χ4n) is 8.29. The Morgan fingerprint density at radius 1 is 0.644 bits per heavy atom. The molecule has 6 heterocycles. The number of rotatable bonds is 10. The summed E-state index contributed by atoms with van der Waals surface area (Å²) in [7, 11) is 1.42. The zero-order valence-electron chi connectivity index (χ0n) is 33.3. The van der Waals surface area contributed by atoms with Crippen molar-refractivity contribution in [1.82, 2.24) is 19.9 Å². The smallest absolute Gasteiger partial charge is 0.339 e. The number of carbonyl (C=O) groups is 2. The van der Waals surface area contributed by atoms with Gasteiger partial charge in [0.25, 0.3) is 0 Å². The standard InChI is InChI=1S/C24H25N3O3.C23H23N3O3/c1-29-24(28)21-13-18(16-5-6-16)15-26-22(21)14-17-3-2-4-20-19(17)7-8-25-23(20)27-9-11-30-12-10-27;27-23(28)20-12-17(15-4-5-15)14-25-21(20)13-16-2-1-3-19-18(16)6-7-24-22(19)26-8-10-29-11-9-26/h2-4,7-8,13,15-16H,5-6,9-12,14H2,1H3;1-3,6-7,12,14-15H,4-5,8-11,13H2,(H,27,28). The van der Waals surface area contributed by atoms with E-state index < -0.39 is 5.97 Å². The lowest BCUT2D eigenvalue weighted by Gasteiger charge is -2.29. The van der Waals surface area contributed by atoms with Gasteiger partial charge in [-0.15, -0.1) is 0 Å². The summed E-state index contributed by atoms with van der Waals surface area (Å²) in [4.78, 5) is 47.4. The average Bonchev–Trinajstić information content (AvgIpc) is 4.23. The van der Waals surface area contributed by atoms with E-state index in [4.69, 9.17) is 14.2 Å². The molecular formula is C47H48N6O6. The van der Waals surface area contributed by atoms with Gasteiger partial charge in [-0.05, 0) is 94.8 Å². The van der Waals surface area contributed by atoms with Crippen LogP contribution in [0.1, 0.15) is 91.9 Å². The first-order valence-corrected chi connectivity index (χ1v) is 20.6. The van der Waals surface area contributed by atoms with Gasteiger partial charge in [0.2, 0.25) is 0 Å². The van der Waals surface area contributed by atoms with Gasteiger partial charge in [-0.1, -0.05) is 36.4 Å². The van der Waals surface area contributed by atoms with Crippen LogP contribution in [0, 0.1) is 0 Å². The number of carboxylic acids is 1. The molecule has 0 bridgehead atoms. The molecule has 302 valence electrons. The van der Waals surface area contributed by atoms with Gasteiger partial charge < -0.3 is 29.1 Å². The molecule has 0 amide bonds. The normalized spacial score (nSPS) is 16.8. The zero-order chi connectivity index (χ0) is 40.3. The summed E-state index contributed by atoms with van der Waals surface area (Å²) in [5.41, 5.74) is 6.62. The number of methoxy groups -OCH3 is 1. The monoisotopic (exact) mass is 792 g/mol. The van der Waals surface area contributed by atoms with E-state index in [0.29, 0.717) is 54.7 Å². The Bertz CT molecular complexity index is 2510. The van der Waals surface area contributed by atoms with Crippen LogP contribution in [0.15, 0.2) is 85.5 Å². The number of benzene rings is 2. The van der Waals surface area contributed by atoms with Crippen LogP contribution in [0.5, 0.6) is 0 Å². The predicted octanol–water partition coefficient (Wildman–Crippen LogP) is 7.35. The molecule has 4 aliphatic rings. The number of esters is 1. The number of nitrogens with zero attached hydrogens (tertiary/aromatic N) is 6. The largest absolute Gasteiger partial charge is 0.478 e. The third-order valence-corrected chi connectivity index (χ3v) is 11.8. The molecule has 59 heavy (non-hydrogen) atoms. The van der Waals surface area contributed by atoms with Crippen LogP contribution in [-0.2, 0) is 27.1 Å². The molecule has 4 fully saturated rings. The molecule has 0 spiro atoms. The second kappa shape index (κ2) is 17.1. The maximum Gasteiger partial charge on any atom is 0.339 e.